The van der Waals surface area contributed by atoms with Crippen LogP contribution in [-0.4, -0.2) is 5.91 Å². The minimum absolute atomic E-state index is 0.0802. The second kappa shape index (κ2) is 6.08. The topological polar surface area (TPSA) is 29.1 Å². The number of anilines is 1. The lowest BCUT2D eigenvalue weighted by molar-refractivity contribution is -0.116. The normalized spacial score (nSPS) is 15.2. The molecule has 0 saturated heterocycles. The van der Waals surface area contributed by atoms with Crippen molar-refractivity contribution in [1.82, 2.24) is 0 Å². The monoisotopic (exact) mass is 319 g/mol. The number of aryl methyl sites for hydroxylation is 1. The molecule has 0 aliphatic carbocycles. The van der Waals surface area contributed by atoms with E-state index in [1.165, 1.54) is 0 Å². The average Bonchev–Trinajstić information content (AvgIpc) is 2.46. The zero-order valence-corrected chi connectivity index (χ0v) is 12.9. The first-order valence-electron chi connectivity index (χ1n) is 6.93. The van der Waals surface area contributed by atoms with Crippen LogP contribution in [0, 0.1) is 0 Å². The Labute approximate surface area is 134 Å². The van der Waals surface area contributed by atoms with Crippen LogP contribution in [-0.2, 0) is 17.6 Å². The standard InChI is InChI=1S/C17H15Cl2NO/c18-14-3-1-2-11(8-14)9-15(19)12-4-6-16-13(10-12)5-7-17(21)20-16/h1-4,6,8,10,15H,5,7,9H2,(H,20,21). The first-order chi connectivity index (χ1) is 10.1. The van der Waals surface area contributed by atoms with Crippen molar-refractivity contribution in [2.45, 2.75) is 24.6 Å². The highest BCUT2D eigenvalue weighted by Gasteiger charge is 2.17. The second-order valence-electron chi connectivity index (χ2n) is 5.27. The number of alkyl halides is 1. The summed E-state index contributed by atoms with van der Waals surface area (Å²) in [6.45, 7) is 0. The maximum Gasteiger partial charge on any atom is 0.224 e. The van der Waals surface area contributed by atoms with Crippen LogP contribution in [0.25, 0.3) is 0 Å². The largest absolute Gasteiger partial charge is 0.326 e. The Balaban J connectivity index is 1.79. The summed E-state index contributed by atoms with van der Waals surface area (Å²) in [5.41, 5.74) is 4.26. The SMILES string of the molecule is O=C1CCc2cc(C(Cl)Cc3cccc(Cl)c3)ccc2N1. The van der Waals surface area contributed by atoms with Gasteiger partial charge in [-0.25, -0.2) is 0 Å². The van der Waals surface area contributed by atoms with Crippen molar-refractivity contribution in [3.05, 3.63) is 64.2 Å². The lowest BCUT2D eigenvalue weighted by Gasteiger charge is -2.19. The maximum absolute atomic E-state index is 11.4. The van der Waals surface area contributed by atoms with Crippen LogP contribution in [0.5, 0.6) is 0 Å². The number of benzene rings is 2. The van der Waals surface area contributed by atoms with Gasteiger partial charge >= 0.3 is 0 Å². The van der Waals surface area contributed by atoms with Gasteiger partial charge in [-0.3, -0.25) is 4.79 Å². The highest BCUT2D eigenvalue weighted by Crippen LogP contribution is 2.31. The Morgan fingerprint density at radius 2 is 2.00 bits per heavy atom. The van der Waals surface area contributed by atoms with E-state index in [9.17, 15) is 4.79 Å². The fourth-order valence-corrected chi connectivity index (χ4v) is 3.11. The third kappa shape index (κ3) is 3.39. The van der Waals surface area contributed by atoms with E-state index in [1.807, 2.05) is 36.4 Å². The Morgan fingerprint density at radius 1 is 1.14 bits per heavy atom. The molecule has 1 aliphatic heterocycles. The summed E-state index contributed by atoms with van der Waals surface area (Å²) in [7, 11) is 0. The number of halogens is 2. The predicted octanol–water partition coefficient (Wildman–Crippen LogP) is 4.75. The summed E-state index contributed by atoms with van der Waals surface area (Å²) in [6, 6.07) is 13.8. The van der Waals surface area contributed by atoms with Crippen LogP contribution in [0.4, 0.5) is 5.69 Å². The molecule has 1 atom stereocenters. The number of hydrogen-bond donors (Lipinski definition) is 1. The summed E-state index contributed by atoms with van der Waals surface area (Å²) < 4.78 is 0. The number of carbonyl (C=O) groups excluding carboxylic acids is 1. The molecule has 21 heavy (non-hydrogen) atoms. The fourth-order valence-electron chi connectivity index (χ4n) is 2.59. The van der Waals surface area contributed by atoms with E-state index in [1.54, 1.807) is 0 Å². The third-order valence-electron chi connectivity index (χ3n) is 3.69. The second-order valence-corrected chi connectivity index (χ2v) is 6.23. The number of rotatable bonds is 3. The molecular weight excluding hydrogens is 305 g/mol. The Morgan fingerprint density at radius 3 is 2.81 bits per heavy atom. The van der Waals surface area contributed by atoms with Gasteiger partial charge in [0.1, 0.15) is 0 Å². The Kier molecular flexibility index (Phi) is 4.18. The summed E-state index contributed by atoms with van der Waals surface area (Å²) in [4.78, 5) is 11.4. The minimum atomic E-state index is -0.105. The fraction of sp³-hybridized carbons (Fsp3) is 0.235. The Hall–Kier alpha value is -1.51. The maximum atomic E-state index is 11.4. The summed E-state index contributed by atoms with van der Waals surface area (Å²) in [6.07, 6.45) is 2.04. The number of amides is 1. The van der Waals surface area contributed by atoms with Crippen LogP contribution in [0.3, 0.4) is 0 Å². The van der Waals surface area contributed by atoms with Gasteiger partial charge in [0, 0.05) is 17.1 Å². The summed E-state index contributed by atoms with van der Waals surface area (Å²) >= 11 is 12.5. The highest BCUT2D eigenvalue weighted by molar-refractivity contribution is 6.30. The first kappa shape index (κ1) is 14.4. The van der Waals surface area contributed by atoms with Gasteiger partial charge in [0.15, 0.2) is 0 Å². The van der Waals surface area contributed by atoms with Gasteiger partial charge in [0.05, 0.1) is 5.38 Å². The van der Waals surface area contributed by atoms with Crippen molar-refractivity contribution in [2.24, 2.45) is 0 Å². The molecule has 1 amide bonds. The van der Waals surface area contributed by atoms with Gasteiger partial charge in [0.2, 0.25) is 5.91 Å². The molecule has 4 heteroatoms. The van der Waals surface area contributed by atoms with Crippen LogP contribution in [0.2, 0.25) is 5.02 Å². The molecule has 0 saturated carbocycles. The summed E-state index contributed by atoms with van der Waals surface area (Å²) in [5, 5.41) is 3.50. The van der Waals surface area contributed by atoms with Crippen molar-refractivity contribution in [2.75, 3.05) is 5.32 Å². The molecule has 1 aliphatic rings. The molecule has 0 fully saturated rings. The molecule has 0 bridgehead atoms. The molecule has 2 aromatic rings. The zero-order valence-electron chi connectivity index (χ0n) is 11.4. The molecule has 1 unspecified atom stereocenters. The van der Waals surface area contributed by atoms with Gasteiger partial charge in [-0.05, 0) is 47.7 Å². The van der Waals surface area contributed by atoms with E-state index in [-0.39, 0.29) is 11.3 Å². The minimum Gasteiger partial charge on any atom is -0.326 e. The first-order valence-corrected chi connectivity index (χ1v) is 7.74. The van der Waals surface area contributed by atoms with E-state index in [2.05, 4.69) is 11.4 Å². The van der Waals surface area contributed by atoms with Crippen LogP contribution in [0.1, 0.15) is 28.5 Å². The zero-order chi connectivity index (χ0) is 14.8. The molecule has 108 valence electrons. The molecule has 2 nitrogen and oxygen atoms in total. The lowest BCUT2D eigenvalue weighted by Crippen LogP contribution is -2.19. The van der Waals surface area contributed by atoms with Crippen molar-refractivity contribution in [1.29, 1.82) is 0 Å². The molecule has 1 heterocycles. The third-order valence-corrected chi connectivity index (χ3v) is 4.33. The van der Waals surface area contributed by atoms with Crippen molar-refractivity contribution in [3.8, 4) is 0 Å². The number of hydrogen-bond acceptors (Lipinski definition) is 1. The van der Waals surface area contributed by atoms with E-state index in [4.69, 9.17) is 23.2 Å². The molecule has 0 radical (unpaired) electrons. The average molecular weight is 320 g/mol. The molecular formula is C17H15Cl2NO. The van der Waals surface area contributed by atoms with E-state index >= 15 is 0 Å². The predicted molar refractivity (Wildman–Crippen MR) is 87.1 cm³/mol. The number of nitrogens with one attached hydrogen (secondary N) is 1. The van der Waals surface area contributed by atoms with Crippen molar-refractivity contribution >= 4 is 34.8 Å². The van der Waals surface area contributed by atoms with E-state index in [0.717, 1.165) is 40.2 Å². The van der Waals surface area contributed by atoms with Crippen LogP contribution >= 0.6 is 23.2 Å². The van der Waals surface area contributed by atoms with Crippen molar-refractivity contribution < 1.29 is 4.79 Å². The van der Waals surface area contributed by atoms with Gasteiger partial charge in [-0.15, -0.1) is 11.6 Å². The number of carbonyl (C=O) groups is 1. The van der Waals surface area contributed by atoms with Crippen molar-refractivity contribution in [3.63, 3.8) is 0 Å². The smallest absolute Gasteiger partial charge is 0.224 e. The van der Waals surface area contributed by atoms with Gasteiger partial charge in [-0.2, -0.15) is 0 Å². The lowest BCUT2D eigenvalue weighted by atomic mass is 9.97. The molecule has 0 aromatic heterocycles. The molecule has 3 rings (SSSR count). The molecule has 0 spiro atoms. The van der Waals surface area contributed by atoms with Gasteiger partial charge < -0.3 is 5.32 Å². The highest BCUT2D eigenvalue weighted by atomic mass is 35.5. The summed E-state index contributed by atoms with van der Waals surface area (Å²) in [5.74, 6) is 0.0802. The quantitative estimate of drug-likeness (QED) is 0.813. The number of fused-ring (bicyclic) bond motifs is 1. The van der Waals surface area contributed by atoms with E-state index in [0.29, 0.717) is 6.42 Å². The van der Waals surface area contributed by atoms with Crippen LogP contribution < -0.4 is 5.32 Å². The van der Waals surface area contributed by atoms with E-state index < -0.39 is 0 Å². The molecule has 1 N–H and O–H groups in total. The van der Waals surface area contributed by atoms with Gasteiger partial charge in [0.25, 0.3) is 0 Å². The van der Waals surface area contributed by atoms with Crippen LogP contribution in [0.15, 0.2) is 42.5 Å². The Bertz CT molecular complexity index is 684. The molecule has 2 aromatic carbocycles. The van der Waals surface area contributed by atoms with Gasteiger partial charge in [-0.1, -0.05) is 35.9 Å².